The number of rotatable bonds is 0. The molecule has 1 N–H and O–H groups in total. The van der Waals surface area contributed by atoms with Crippen molar-refractivity contribution >= 4 is 11.0 Å². The van der Waals surface area contributed by atoms with Crippen molar-refractivity contribution in [1.29, 1.82) is 0 Å². The fraction of sp³-hybridized carbons (Fsp3) is 0.111. The van der Waals surface area contributed by atoms with E-state index in [0.29, 0.717) is 0 Å². The van der Waals surface area contributed by atoms with E-state index in [9.17, 15) is 4.79 Å². The molecule has 0 saturated heterocycles. The Bertz CT molecular complexity index is 473. The molecule has 3 heteroatoms. The van der Waals surface area contributed by atoms with Crippen LogP contribution < -0.4 is 5.56 Å². The number of aromatic amines is 1. The third-order valence-corrected chi connectivity index (χ3v) is 1.79. The van der Waals surface area contributed by atoms with Gasteiger partial charge in [-0.3, -0.25) is 9.78 Å². The highest BCUT2D eigenvalue weighted by Crippen LogP contribution is 2.08. The van der Waals surface area contributed by atoms with Gasteiger partial charge in [0.1, 0.15) is 0 Å². The van der Waals surface area contributed by atoms with E-state index in [1.54, 1.807) is 18.3 Å². The van der Waals surface area contributed by atoms with Crippen LogP contribution in [-0.4, -0.2) is 9.97 Å². The van der Waals surface area contributed by atoms with Crippen LogP contribution in [0.25, 0.3) is 11.0 Å². The Kier molecular flexibility index (Phi) is 1.43. The van der Waals surface area contributed by atoms with E-state index >= 15 is 0 Å². The maximum atomic E-state index is 11.0. The first kappa shape index (κ1) is 7.03. The van der Waals surface area contributed by atoms with Gasteiger partial charge in [0, 0.05) is 12.3 Å². The highest BCUT2D eigenvalue weighted by molar-refractivity contribution is 5.76. The number of nitrogens with one attached hydrogen (secondary N) is 1. The van der Waals surface area contributed by atoms with Crippen LogP contribution in [-0.2, 0) is 0 Å². The SMILES string of the molecule is Cc1cc(=O)[nH]c2cccnc12. The molecule has 0 atom stereocenters. The lowest BCUT2D eigenvalue weighted by molar-refractivity contribution is 1.24. The van der Waals surface area contributed by atoms with E-state index in [0.717, 1.165) is 16.6 Å². The summed E-state index contributed by atoms with van der Waals surface area (Å²) in [5.41, 5.74) is 2.49. The average Bonchev–Trinajstić information content (AvgIpc) is 2.04. The minimum atomic E-state index is -0.0759. The van der Waals surface area contributed by atoms with Gasteiger partial charge in [0.25, 0.3) is 0 Å². The van der Waals surface area contributed by atoms with Gasteiger partial charge in [0.2, 0.25) is 5.56 Å². The summed E-state index contributed by atoms with van der Waals surface area (Å²) in [5, 5.41) is 0. The Hall–Kier alpha value is -1.64. The molecule has 60 valence electrons. The molecule has 0 saturated carbocycles. The van der Waals surface area contributed by atoms with E-state index in [1.165, 1.54) is 0 Å². The topological polar surface area (TPSA) is 45.8 Å². The minimum absolute atomic E-state index is 0.0759. The van der Waals surface area contributed by atoms with E-state index in [1.807, 2.05) is 13.0 Å². The van der Waals surface area contributed by atoms with Gasteiger partial charge in [-0.2, -0.15) is 0 Å². The van der Waals surface area contributed by atoms with Crippen LogP contribution in [0.5, 0.6) is 0 Å². The standard InChI is InChI=1S/C9H8N2O/c1-6-5-8(12)11-7-3-2-4-10-9(6)7/h2-5H,1H3,(H,11,12). The summed E-state index contributed by atoms with van der Waals surface area (Å²) in [4.78, 5) is 17.9. The summed E-state index contributed by atoms with van der Waals surface area (Å²) in [7, 11) is 0. The zero-order chi connectivity index (χ0) is 8.55. The van der Waals surface area contributed by atoms with Crippen LogP contribution >= 0.6 is 0 Å². The van der Waals surface area contributed by atoms with Crippen LogP contribution in [0.3, 0.4) is 0 Å². The minimum Gasteiger partial charge on any atom is -0.321 e. The van der Waals surface area contributed by atoms with Gasteiger partial charge >= 0.3 is 0 Å². The highest BCUT2D eigenvalue weighted by atomic mass is 16.1. The molecular formula is C9H8N2O. The Balaban J connectivity index is 2.99. The second-order valence-corrected chi connectivity index (χ2v) is 2.72. The van der Waals surface area contributed by atoms with Gasteiger partial charge in [0.05, 0.1) is 11.0 Å². The fourth-order valence-electron chi connectivity index (χ4n) is 1.25. The molecule has 2 heterocycles. The van der Waals surface area contributed by atoms with Crippen molar-refractivity contribution in [3.8, 4) is 0 Å². The molecule has 0 spiro atoms. The molecule has 12 heavy (non-hydrogen) atoms. The number of aryl methyl sites for hydroxylation is 1. The van der Waals surface area contributed by atoms with E-state index < -0.39 is 0 Å². The molecule has 0 fully saturated rings. The molecule has 3 nitrogen and oxygen atoms in total. The Labute approximate surface area is 69.1 Å². The molecule has 0 aromatic carbocycles. The number of fused-ring (bicyclic) bond motifs is 1. The summed E-state index contributed by atoms with van der Waals surface area (Å²) in [6, 6.07) is 5.20. The molecule has 0 aliphatic rings. The molecule has 0 unspecified atom stereocenters. The van der Waals surface area contributed by atoms with Crippen LogP contribution in [0, 0.1) is 6.92 Å². The van der Waals surface area contributed by atoms with Gasteiger partial charge in [0.15, 0.2) is 0 Å². The first-order valence-corrected chi connectivity index (χ1v) is 3.72. The zero-order valence-corrected chi connectivity index (χ0v) is 6.66. The summed E-state index contributed by atoms with van der Waals surface area (Å²) < 4.78 is 0. The van der Waals surface area contributed by atoms with E-state index in [2.05, 4.69) is 9.97 Å². The van der Waals surface area contributed by atoms with E-state index in [-0.39, 0.29) is 5.56 Å². The first-order valence-electron chi connectivity index (χ1n) is 3.72. The summed E-state index contributed by atoms with van der Waals surface area (Å²) in [6.07, 6.45) is 1.72. The van der Waals surface area contributed by atoms with Gasteiger partial charge in [-0.25, -0.2) is 0 Å². The molecule has 0 amide bonds. The van der Waals surface area contributed by atoms with E-state index in [4.69, 9.17) is 0 Å². The van der Waals surface area contributed by atoms with Crippen molar-refractivity contribution in [2.24, 2.45) is 0 Å². The monoisotopic (exact) mass is 160 g/mol. The molecule has 0 radical (unpaired) electrons. The van der Waals surface area contributed by atoms with Gasteiger partial charge in [-0.1, -0.05) is 0 Å². The van der Waals surface area contributed by atoms with Crippen molar-refractivity contribution in [3.63, 3.8) is 0 Å². The smallest absolute Gasteiger partial charge is 0.248 e. The maximum absolute atomic E-state index is 11.0. The third-order valence-electron chi connectivity index (χ3n) is 1.79. The normalized spacial score (nSPS) is 10.4. The lowest BCUT2D eigenvalue weighted by atomic mass is 10.2. The molecule has 2 aromatic heterocycles. The number of hydrogen-bond donors (Lipinski definition) is 1. The van der Waals surface area contributed by atoms with Crippen molar-refractivity contribution in [3.05, 3.63) is 40.3 Å². The average molecular weight is 160 g/mol. The molecular weight excluding hydrogens is 152 g/mol. The van der Waals surface area contributed by atoms with Crippen LogP contribution in [0.4, 0.5) is 0 Å². The van der Waals surface area contributed by atoms with Gasteiger partial charge < -0.3 is 4.98 Å². The second-order valence-electron chi connectivity index (χ2n) is 2.72. The largest absolute Gasteiger partial charge is 0.321 e. The zero-order valence-electron chi connectivity index (χ0n) is 6.66. The summed E-state index contributed by atoms with van der Waals surface area (Å²) in [6.45, 7) is 1.88. The Morgan fingerprint density at radius 2 is 2.33 bits per heavy atom. The first-order chi connectivity index (χ1) is 5.77. The number of hydrogen-bond acceptors (Lipinski definition) is 2. The molecule has 0 bridgehead atoms. The number of pyridine rings is 2. The molecule has 2 rings (SSSR count). The number of aromatic nitrogens is 2. The van der Waals surface area contributed by atoms with Gasteiger partial charge in [-0.05, 0) is 24.6 Å². The quantitative estimate of drug-likeness (QED) is 0.630. The van der Waals surface area contributed by atoms with Gasteiger partial charge in [-0.15, -0.1) is 0 Å². The maximum Gasteiger partial charge on any atom is 0.248 e. The lowest BCUT2D eigenvalue weighted by Gasteiger charge is -1.97. The van der Waals surface area contributed by atoms with Crippen molar-refractivity contribution in [2.75, 3.05) is 0 Å². The molecule has 0 aliphatic heterocycles. The summed E-state index contributed by atoms with van der Waals surface area (Å²) >= 11 is 0. The molecule has 0 aliphatic carbocycles. The summed E-state index contributed by atoms with van der Waals surface area (Å²) in [5.74, 6) is 0. The van der Waals surface area contributed by atoms with Crippen LogP contribution in [0.15, 0.2) is 29.2 Å². The van der Waals surface area contributed by atoms with Crippen LogP contribution in [0.1, 0.15) is 5.56 Å². The highest BCUT2D eigenvalue weighted by Gasteiger charge is 1.97. The predicted molar refractivity (Wildman–Crippen MR) is 47.1 cm³/mol. The van der Waals surface area contributed by atoms with Crippen LogP contribution in [0.2, 0.25) is 0 Å². The number of nitrogens with zero attached hydrogens (tertiary/aromatic N) is 1. The number of H-pyrrole nitrogens is 1. The van der Waals surface area contributed by atoms with Crippen molar-refractivity contribution in [1.82, 2.24) is 9.97 Å². The Morgan fingerprint density at radius 1 is 1.50 bits per heavy atom. The second kappa shape index (κ2) is 2.44. The molecule has 2 aromatic rings. The predicted octanol–water partition coefficient (Wildman–Crippen LogP) is 1.23. The fourth-order valence-corrected chi connectivity index (χ4v) is 1.25. The van der Waals surface area contributed by atoms with Crippen molar-refractivity contribution in [2.45, 2.75) is 6.92 Å². The Morgan fingerprint density at radius 3 is 3.17 bits per heavy atom. The van der Waals surface area contributed by atoms with Crippen molar-refractivity contribution < 1.29 is 0 Å². The third kappa shape index (κ3) is 0.993. The lowest BCUT2D eigenvalue weighted by Crippen LogP contribution is -2.05.